The van der Waals surface area contributed by atoms with Gasteiger partial charge in [0.05, 0.1) is 10.6 Å². The van der Waals surface area contributed by atoms with Crippen molar-refractivity contribution in [3.05, 3.63) is 33.8 Å². The lowest BCUT2D eigenvalue weighted by molar-refractivity contribution is 0.590. The first-order chi connectivity index (χ1) is 9.05. The van der Waals surface area contributed by atoms with Crippen molar-refractivity contribution in [3.63, 3.8) is 0 Å². The molecule has 0 aliphatic carbocycles. The van der Waals surface area contributed by atoms with Crippen LogP contribution in [0.3, 0.4) is 0 Å². The number of piperidine rings is 1. The van der Waals surface area contributed by atoms with E-state index < -0.39 is 9.84 Å². The summed E-state index contributed by atoms with van der Waals surface area (Å²) in [6.45, 7) is 0.726. The number of benzene rings is 1. The van der Waals surface area contributed by atoms with Crippen LogP contribution < -0.4 is 4.90 Å². The fourth-order valence-corrected chi connectivity index (χ4v) is 4.37. The van der Waals surface area contributed by atoms with Gasteiger partial charge in [-0.1, -0.05) is 11.6 Å². The number of anilines is 1. The molecule has 3 rings (SSSR count). The maximum atomic E-state index is 12.5. The van der Waals surface area contributed by atoms with Crippen LogP contribution in [-0.4, -0.2) is 15.0 Å². The number of nitriles is 1. The second kappa shape index (κ2) is 4.26. The number of hydrogen-bond acceptors (Lipinski definition) is 4. The minimum absolute atomic E-state index is 0.109. The van der Waals surface area contributed by atoms with Crippen molar-refractivity contribution in [1.29, 1.82) is 5.26 Å². The zero-order chi connectivity index (χ0) is 13.6. The summed E-state index contributed by atoms with van der Waals surface area (Å²) in [6, 6.07) is 6.55. The fourth-order valence-electron chi connectivity index (χ4n) is 2.65. The molecule has 0 N–H and O–H groups in total. The summed E-state index contributed by atoms with van der Waals surface area (Å²) in [5.41, 5.74) is 1.21. The van der Waals surface area contributed by atoms with Gasteiger partial charge >= 0.3 is 0 Å². The SMILES string of the molecule is N#CC1=C2CCCCN2c2cc(Cl)ccc2S1(=O)=O. The van der Waals surface area contributed by atoms with Crippen LogP contribution >= 0.6 is 11.6 Å². The Morgan fingerprint density at radius 3 is 2.84 bits per heavy atom. The van der Waals surface area contributed by atoms with E-state index in [1.54, 1.807) is 12.1 Å². The number of sulfone groups is 1. The molecule has 0 bridgehead atoms. The summed E-state index contributed by atoms with van der Waals surface area (Å²) in [4.78, 5) is 1.99. The van der Waals surface area contributed by atoms with E-state index >= 15 is 0 Å². The molecule has 0 amide bonds. The third-order valence-electron chi connectivity index (χ3n) is 3.50. The third kappa shape index (κ3) is 1.75. The van der Waals surface area contributed by atoms with E-state index in [2.05, 4.69) is 0 Å². The molecule has 0 spiro atoms. The van der Waals surface area contributed by atoms with Crippen LogP contribution in [0, 0.1) is 11.3 Å². The molecular formula is C13H11ClN2O2S. The molecule has 1 aromatic rings. The Bertz CT molecular complexity index is 732. The zero-order valence-corrected chi connectivity index (χ0v) is 11.6. The monoisotopic (exact) mass is 294 g/mol. The maximum absolute atomic E-state index is 12.5. The van der Waals surface area contributed by atoms with E-state index in [1.165, 1.54) is 6.07 Å². The van der Waals surface area contributed by atoms with Crippen LogP contribution in [0.25, 0.3) is 0 Å². The molecule has 98 valence electrons. The first-order valence-electron chi connectivity index (χ1n) is 6.01. The molecule has 19 heavy (non-hydrogen) atoms. The standard InChI is InChI=1S/C13H11ClN2O2S/c14-9-4-5-12-11(7-9)16-6-2-1-3-10(16)13(8-15)19(12,17)18/h4-5,7H,1-3,6H2. The van der Waals surface area contributed by atoms with Gasteiger partial charge in [-0.2, -0.15) is 5.26 Å². The number of nitrogens with zero attached hydrogens (tertiary/aromatic N) is 2. The highest BCUT2D eigenvalue weighted by Gasteiger charge is 2.37. The van der Waals surface area contributed by atoms with Gasteiger partial charge in [0, 0.05) is 17.3 Å². The lowest BCUT2D eigenvalue weighted by atomic mass is 10.1. The number of hydrogen-bond donors (Lipinski definition) is 0. The van der Waals surface area contributed by atoms with Crippen molar-refractivity contribution >= 4 is 27.1 Å². The zero-order valence-electron chi connectivity index (χ0n) is 10.1. The quantitative estimate of drug-likeness (QED) is 0.738. The largest absolute Gasteiger partial charge is 0.342 e. The second-order valence-electron chi connectivity index (χ2n) is 4.61. The van der Waals surface area contributed by atoms with Gasteiger partial charge in [0.15, 0.2) is 4.91 Å². The Morgan fingerprint density at radius 2 is 2.11 bits per heavy atom. The van der Waals surface area contributed by atoms with Crippen molar-refractivity contribution < 1.29 is 8.42 Å². The van der Waals surface area contributed by atoms with Gasteiger partial charge in [-0.15, -0.1) is 0 Å². The third-order valence-corrected chi connectivity index (χ3v) is 5.53. The lowest BCUT2D eigenvalue weighted by Gasteiger charge is -2.36. The minimum atomic E-state index is -3.70. The summed E-state index contributed by atoms with van der Waals surface area (Å²) in [5, 5.41) is 9.71. The van der Waals surface area contributed by atoms with Gasteiger partial charge in [0.1, 0.15) is 6.07 Å². The molecule has 4 nitrogen and oxygen atoms in total. The van der Waals surface area contributed by atoms with Crippen molar-refractivity contribution in [2.75, 3.05) is 11.4 Å². The fraction of sp³-hybridized carbons (Fsp3) is 0.308. The smallest absolute Gasteiger partial charge is 0.220 e. The van der Waals surface area contributed by atoms with Crippen LogP contribution in [0.1, 0.15) is 19.3 Å². The van der Waals surface area contributed by atoms with Gasteiger partial charge < -0.3 is 4.90 Å². The van der Waals surface area contributed by atoms with Crippen molar-refractivity contribution in [1.82, 2.24) is 0 Å². The molecule has 1 aromatic carbocycles. The molecule has 6 heteroatoms. The van der Waals surface area contributed by atoms with Gasteiger partial charge in [0.2, 0.25) is 9.84 Å². The van der Waals surface area contributed by atoms with E-state index in [4.69, 9.17) is 11.6 Å². The Morgan fingerprint density at radius 1 is 1.32 bits per heavy atom. The molecule has 0 atom stereocenters. The second-order valence-corrected chi connectivity index (χ2v) is 6.90. The van der Waals surface area contributed by atoms with Gasteiger partial charge in [-0.3, -0.25) is 0 Å². The normalized spacial score (nSPS) is 20.5. The van der Waals surface area contributed by atoms with Gasteiger partial charge in [-0.05, 0) is 37.5 Å². The van der Waals surface area contributed by atoms with E-state index in [9.17, 15) is 13.7 Å². The van der Waals surface area contributed by atoms with E-state index in [0.717, 1.165) is 19.4 Å². The van der Waals surface area contributed by atoms with Crippen LogP contribution in [0.5, 0.6) is 0 Å². The average molecular weight is 295 g/mol. The van der Waals surface area contributed by atoms with Gasteiger partial charge in [-0.25, -0.2) is 8.42 Å². The predicted octanol–water partition coefficient (Wildman–Crippen LogP) is 2.85. The van der Waals surface area contributed by atoms with E-state index in [0.29, 0.717) is 22.8 Å². The Labute approximate surface area is 116 Å². The van der Waals surface area contributed by atoms with Crippen molar-refractivity contribution in [2.24, 2.45) is 0 Å². The molecular weight excluding hydrogens is 284 g/mol. The number of fused-ring (bicyclic) bond motifs is 3. The molecule has 0 aromatic heterocycles. The Kier molecular flexibility index (Phi) is 2.80. The summed E-state index contributed by atoms with van der Waals surface area (Å²) in [7, 11) is -3.70. The van der Waals surface area contributed by atoms with E-state index in [1.807, 2.05) is 11.0 Å². The molecule has 1 fully saturated rings. The van der Waals surface area contributed by atoms with E-state index in [-0.39, 0.29) is 9.80 Å². The summed E-state index contributed by atoms with van der Waals surface area (Å²) in [5.74, 6) is 0. The summed E-state index contributed by atoms with van der Waals surface area (Å²) in [6.07, 6.45) is 2.50. The Balaban J connectivity index is 2.35. The minimum Gasteiger partial charge on any atom is -0.342 e. The number of halogens is 1. The van der Waals surface area contributed by atoms with Crippen molar-refractivity contribution in [2.45, 2.75) is 24.2 Å². The van der Waals surface area contributed by atoms with Crippen LogP contribution in [0.4, 0.5) is 5.69 Å². The maximum Gasteiger partial charge on any atom is 0.220 e. The van der Waals surface area contributed by atoms with Gasteiger partial charge in [0.25, 0.3) is 0 Å². The highest BCUT2D eigenvalue weighted by atomic mass is 35.5. The van der Waals surface area contributed by atoms with Crippen LogP contribution in [0.2, 0.25) is 5.02 Å². The first kappa shape index (κ1) is 12.5. The molecule has 1 saturated heterocycles. The molecule has 0 radical (unpaired) electrons. The molecule has 2 aliphatic rings. The highest BCUT2D eigenvalue weighted by Crippen LogP contribution is 2.43. The molecule has 0 saturated carbocycles. The van der Waals surface area contributed by atoms with Crippen molar-refractivity contribution in [3.8, 4) is 6.07 Å². The van der Waals surface area contributed by atoms with Crippen LogP contribution in [0.15, 0.2) is 33.7 Å². The average Bonchev–Trinajstić information content (AvgIpc) is 2.38. The summed E-state index contributed by atoms with van der Waals surface area (Å²) < 4.78 is 24.9. The number of rotatable bonds is 0. The predicted molar refractivity (Wildman–Crippen MR) is 72.5 cm³/mol. The number of allylic oxidation sites excluding steroid dienone is 2. The highest BCUT2D eigenvalue weighted by molar-refractivity contribution is 7.95. The lowest BCUT2D eigenvalue weighted by Crippen LogP contribution is -2.34. The molecule has 0 unspecified atom stereocenters. The molecule has 2 aliphatic heterocycles. The summed E-state index contributed by atoms with van der Waals surface area (Å²) >= 11 is 5.97. The first-order valence-corrected chi connectivity index (χ1v) is 7.87. The van der Waals surface area contributed by atoms with Crippen LogP contribution in [-0.2, 0) is 9.84 Å². The topological polar surface area (TPSA) is 61.2 Å². The molecule has 2 heterocycles. The Hall–Kier alpha value is -1.51.